The Morgan fingerprint density at radius 2 is 2.13 bits per heavy atom. The van der Waals surface area contributed by atoms with Crippen molar-refractivity contribution in [2.45, 2.75) is 19.4 Å². The Balaban J connectivity index is 1.21. The lowest BCUT2D eigenvalue weighted by Gasteiger charge is -2.54. The van der Waals surface area contributed by atoms with Gasteiger partial charge in [-0.05, 0) is 30.9 Å². The molecule has 4 heterocycles. The van der Waals surface area contributed by atoms with Gasteiger partial charge in [-0.1, -0.05) is 12.1 Å². The Morgan fingerprint density at radius 1 is 1.32 bits per heavy atom. The second-order valence-electron chi connectivity index (χ2n) is 8.10. The van der Waals surface area contributed by atoms with E-state index in [0.29, 0.717) is 31.1 Å². The molecule has 2 aliphatic heterocycles. The topological polar surface area (TPSA) is 112 Å². The van der Waals surface area contributed by atoms with Crippen molar-refractivity contribution in [3.8, 4) is 17.3 Å². The zero-order valence-corrected chi connectivity index (χ0v) is 17.4. The molecule has 31 heavy (non-hydrogen) atoms. The quantitative estimate of drug-likeness (QED) is 0.662. The summed E-state index contributed by atoms with van der Waals surface area (Å²) in [6, 6.07) is 9.36. The van der Waals surface area contributed by atoms with Crippen LogP contribution < -0.4 is 5.32 Å². The van der Waals surface area contributed by atoms with Gasteiger partial charge < -0.3 is 14.6 Å². The number of benzene rings is 1. The third-order valence-electron chi connectivity index (χ3n) is 6.00. The third kappa shape index (κ3) is 3.59. The number of nitrogens with zero attached hydrogens (tertiary/aromatic N) is 4. The van der Waals surface area contributed by atoms with Crippen molar-refractivity contribution < 1.29 is 14.0 Å². The van der Waals surface area contributed by atoms with E-state index in [2.05, 4.69) is 21.4 Å². The fraction of sp³-hybridized carbons (Fsp3) is 0.318. The minimum absolute atomic E-state index is 0.0334. The zero-order valence-electron chi connectivity index (χ0n) is 16.6. The highest BCUT2D eigenvalue weighted by Crippen LogP contribution is 2.50. The lowest BCUT2D eigenvalue weighted by molar-refractivity contribution is -0.147. The SMILES string of the molecule is N#Cc1ccc(-c2csc(CNC(=O)C34CC(CN(C(=O)c5cnco5)C3)C4)n2)cc1. The summed E-state index contributed by atoms with van der Waals surface area (Å²) in [5.74, 6) is 0.296. The van der Waals surface area contributed by atoms with Crippen LogP contribution in [-0.4, -0.2) is 39.8 Å². The van der Waals surface area contributed by atoms with Crippen LogP contribution in [0.5, 0.6) is 0 Å². The third-order valence-corrected chi connectivity index (χ3v) is 6.85. The van der Waals surface area contributed by atoms with Crippen molar-refractivity contribution in [1.82, 2.24) is 20.2 Å². The van der Waals surface area contributed by atoms with Gasteiger partial charge in [0.2, 0.25) is 11.7 Å². The van der Waals surface area contributed by atoms with E-state index in [0.717, 1.165) is 29.1 Å². The van der Waals surface area contributed by atoms with Crippen molar-refractivity contribution in [3.63, 3.8) is 0 Å². The average Bonchev–Trinajstić information content (AvgIpc) is 3.49. The molecule has 2 saturated heterocycles. The van der Waals surface area contributed by atoms with Crippen LogP contribution in [-0.2, 0) is 11.3 Å². The number of hydrogen-bond donors (Lipinski definition) is 1. The van der Waals surface area contributed by atoms with E-state index < -0.39 is 5.41 Å². The lowest BCUT2D eigenvalue weighted by Crippen LogP contribution is -2.63. The van der Waals surface area contributed by atoms with E-state index in [1.54, 1.807) is 17.0 Å². The first-order valence-corrected chi connectivity index (χ1v) is 10.9. The fourth-order valence-electron chi connectivity index (χ4n) is 4.52. The van der Waals surface area contributed by atoms with Gasteiger partial charge in [0.1, 0.15) is 5.01 Å². The Labute approximate surface area is 182 Å². The second-order valence-corrected chi connectivity index (χ2v) is 9.05. The Hall–Kier alpha value is -3.51. The molecule has 2 amide bonds. The van der Waals surface area contributed by atoms with Crippen LogP contribution in [0.25, 0.3) is 11.3 Å². The van der Waals surface area contributed by atoms with Crippen LogP contribution in [0, 0.1) is 22.7 Å². The molecule has 1 saturated carbocycles. The standard InChI is InChI=1S/C22H19N5O3S/c23-7-14-1-3-16(4-2-14)17-11-31-19(26-17)9-25-21(29)22-5-15(6-22)10-27(12-22)20(28)18-8-24-13-30-18/h1-4,8,11,13,15H,5-6,9-10,12H2,(H,25,29). The Kier molecular flexibility index (Phi) is 4.79. The van der Waals surface area contributed by atoms with Gasteiger partial charge in [-0.25, -0.2) is 9.97 Å². The predicted octanol–water partition coefficient (Wildman–Crippen LogP) is 2.84. The molecule has 2 aromatic heterocycles. The number of carbonyl (C=O) groups excluding carboxylic acids is 2. The van der Waals surface area contributed by atoms with E-state index in [1.807, 2.05) is 17.5 Å². The minimum atomic E-state index is -0.536. The number of amides is 2. The van der Waals surface area contributed by atoms with Crippen molar-refractivity contribution in [1.29, 1.82) is 5.26 Å². The summed E-state index contributed by atoms with van der Waals surface area (Å²) in [5, 5.41) is 14.7. The normalized spacial score (nSPS) is 21.8. The molecule has 1 aliphatic carbocycles. The molecule has 156 valence electrons. The average molecular weight is 433 g/mol. The van der Waals surface area contributed by atoms with Gasteiger partial charge in [-0.15, -0.1) is 11.3 Å². The maximum Gasteiger partial charge on any atom is 0.291 e. The maximum atomic E-state index is 13.0. The molecule has 9 heteroatoms. The number of oxazole rings is 1. The molecule has 8 nitrogen and oxygen atoms in total. The summed E-state index contributed by atoms with van der Waals surface area (Å²) in [6.07, 6.45) is 4.24. The molecule has 3 aromatic rings. The highest BCUT2D eigenvalue weighted by Gasteiger charge is 2.55. The van der Waals surface area contributed by atoms with Gasteiger partial charge in [-0.3, -0.25) is 9.59 Å². The van der Waals surface area contributed by atoms with Crippen molar-refractivity contribution in [2.24, 2.45) is 11.3 Å². The number of piperidine rings is 2. The summed E-state index contributed by atoms with van der Waals surface area (Å²) >= 11 is 1.48. The van der Waals surface area contributed by atoms with Gasteiger partial charge in [-0.2, -0.15) is 5.26 Å². The lowest BCUT2D eigenvalue weighted by atomic mass is 9.58. The van der Waals surface area contributed by atoms with Crippen LogP contribution in [0.4, 0.5) is 0 Å². The van der Waals surface area contributed by atoms with Gasteiger partial charge in [0.25, 0.3) is 5.91 Å². The summed E-state index contributed by atoms with van der Waals surface area (Å²) in [4.78, 5) is 35.7. The molecular formula is C22H19N5O3S. The Morgan fingerprint density at radius 3 is 2.84 bits per heavy atom. The van der Waals surface area contributed by atoms with Crippen LogP contribution in [0.3, 0.4) is 0 Å². The Bertz CT molecular complexity index is 1160. The molecule has 6 rings (SSSR count). The van der Waals surface area contributed by atoms with Gasteiger partial charge >= 0.3 is 0 Å². The summed E-state index contributed by atoms with van der Waals surface area (Å²) in [7, 11) is 0. The predicted molar refractivity (Wildman–Crippen MR) is 112 cm³/mol. The number of fused-ring (bicyclic) bond motifs is 2. The number of thiazole rings is 1. The van der Waals surface area contributed by atoms with Crippen molar-refractivity contribution in [3.05, 3.63) is 58.6 Å². The minimum Gasteiger partial charge on any atom is -0.438 e. The van der Waals surface area contributed by atoms with E-state index in [9.17, 15) is 9.59 Å². The fourth-order valence-corrected chi connectivity index (χ4v) is 5.26. The molecule has 3 fully saturated rings. The smallest absolute Gasteiger partial charge is 0.291 e. The van der Waals surface area contributed by atoms with Crippen LogP contribution in [0.15, 0.2) is 46.7 Å². The van der Waals surface area contributed by atoms with E-state index >= 15 is 0 Å². The molecule has 0 spiro atoms. The summed E-state index contributed by atoms with van der Waals surface area (Å²) in [5.41, 5.74) is 1.82. The summed E-state index contributed by atoms with van der Waals surface area (Å²) in [6.45, 7) is 1.39. The molecular weight excluding hydrogens is 414 g/mol. The van der Waals surface area contributed by atoms with Gasteiger partial charge in [0, 0.05) is 24.0 Å². The van der Waals surface area contributed by atoms with Crippen LogP contribution in [0.2, 0.25) is 0 Å². The number of hydrogen-bond acceptors (Lipinski definition) is 7. The largest absolute Gasteiger partial charge is 0.438 e. The van der Waals surface area contributed by atoms with Gasteiger partial charge in [0.15, 0.2) is 6.39 Å². The molecule has 1 aromatic carbocycles. The first-order valence-electron chi connectivity index (χ1n) is 9.97. The molecule has 2 bridgehead atoms. The summed E-state index contributed by atoms with van der Waals surface area (Å²) < 4.78 is 5.12. The number of aromatic nitrogens is 2. The number of nitrogens with one attached hydrogen (secondary N) is 1. The highest BCUT2D eigenvalue weighted by atomic mass is 32.1. The molecule has 3 aliphatic rings. The number of carbonyl (C=O) groups is 2. The van der Waals surface area contributed by atoms with E-state index in [-0.39, 0.29) is 17.6 Å². The molecule has 0 atom stereocenters. The molecule has 0 unspecified atom stereocenters. The van der Waals surface area contributed by atoms with Crippen LogP contribution in [0.1, 0.15) is 34.0 Å². The number of nitriles is 1. The highest BCUT2D eigenvalue weighted by molar-refractivity contribution is 7.09. The van der Waals surface area contributed by atoms with E-state index in [1.165, 1.54) is 23.9 Å². The van der Waals surface area contributed by atoms with E-state index in [4.69, 9.17) is 9.68 Å². The molecule has 1 N–H and O–H groups in total. The van der Waals surface area contributed by atoms with Gasteiger partial charge in [0.05, 0.1) is 35.5 Å². The maximum absolute atomic E-state index is 13.0. The van der Waals surface area contributed by atoms with Crippen molar-refractivity contribution >= 4 is 23.2 Å². The monoisotopic (exact) mass is 433 g/mol. The number of rotatable bonds is 5. The van der Waals surface area contributed by atoms with Crippen LogP contribution >= 0.6 is 11.3 Å². The first-order chi connectivity index (χ1) is 15.1. The second kappa shape index (κ2) is 7.63. The molecule has 0 radical (unpaired) electrons. The first kappa shape index (κ1) is 19.5. The van der Waals surface area contributed by atoms with Crippen molar-refractivity contribution in [2.75, 3.05) is 13.1 Å². The zero-order chi connectivity index (χ0) is 21.4.